The number of amides is 1. The minimum Gasteiger partial charge on any atom is -0.368 e. The van der Waals surface area contributed by atoms with Crippen LogP contribution in [0.25, 0.3) is 0 Å². The molecule has 1 atom stereocenters. The van der Waals surface area contributed by atoms with Crippen molar-refractivity contribution in [2.45, 2.75) is 25.4 Å². The number of carbonyl (C=O) groups is 1. The topological polar surface area (TPSA) is 51.2 Å². The smallest absolute Gasteiger partial charge is 0.255 e. The van der Waals surface area contributed by atoms with E-state index in [2.05, 4.69) is 10.3 Å². The van der Waals surface area contributed by atoms with Gasteiger partial charge < -0.3 is 4.74 Å². The maximum absolute atomic E-state index is 11.9. The fraction of sp³-hybridized carbons (Fsp3) is 0.333. The molecule has 6 heteroatoms. The van der Waals surface area contributed by atoms with Crippen molar-refractivity contribution in [3.05, 3.63) is 45.9 Å². The van der Waals surface area contributed by atoms with Gasteiger partial charge in [0.15, 0.2) is 5.13 Å². The monoisotopic (exact) mass is 322 g/mol. The molecule has 1 aliphatic heterocycles. The van der Waals surface area contributed by atoms with Gasteiger partial charge in [0, 0.05) is 29.1 Å². The van der Waals surface area contributed by atoms with Gasteiger partial charge in [-0.3, -0.25) is 10.1 Å². The molecule has 0 saturated carbocycles. The molecule has 0 radical (unpaired) electrons. The third kappa shape index (κ3) is 3.81. The Bertz CT molecular complexity index is 621. The van der Waals surface area contributed by atoms with Crippen LogP contribution in [-0.4, -0.2) is 23.6 Å². The van der Waals surface area contributed by atoms with Gasteiger partial charge in [-0.25, -0.2) is 4.98 Å². The number of hydrogen-bond donors (Lipinski definition) is 1. The maximum atomic E-state index is 11.9. The Hall–Kier alpha value is -1.43. The zero-order valence-corrected chi connectivity index (χ0v) is 12.9. The molecule has 110 valence electrons. The number of carbonyl (C=O) groups excluding carboxylic acids is 1. The fourth-order valence-electron chi connectivity index (χ4n) is 2.22. The molecule has 3 rings (SSSR count). The molecule has 1 aromatic heterocycles. The zero-order chi connectivity index (χ0) is 14.7. The summed E-state index contributed by atoms with van der Waals surface area (Å²) in [5.74, 6) is -0.0973. The van der Waals surface area contributed by atoms with Crippen LogP contribution in [0.3, 0.4) is 0 Å². The summed E-state index contributed by atoms with van der Waals surface area (Å²) in [6.07, 6.45) is 3.98. The molecule has 0 unspecified atom stereocenters. The zero-order valence-electron chi connectivity index (χ0n) is 11.3. The predicted octanol–water partition coefficient (Wildman–Crippen LogP) is 3.50. The summed E-state index contributed by atoms with van der Waals surface area (Å²) in [4.78, 5) is 17.3. The molecule has 21 heavy (non-hydrogen) atoms. The second-order valence-corrected chi connectivity index (χ2v) is 6.48. The van der Waals surface area contributed by atoms with Crippen molar-refractivity contribution in [1.29, 1.82) is 0 Å². The number of benzene rings is 1. The highest BCUT2D eigenvalue weighted by molar-refractivity contribution is 7.15. The Kier molecular flexibility index (Phi) is 4.53. The van der Waals surface area contributed by atoms with Gasteiger partial charge in [0.2, 0.25) is 0 Å². The van der Waals surface area contributed by atoms with Gasteiger partial charge in [-0.1, -0.05) is 23.7 Å². The normalized spacial score (nSPS) is 17.9. The Balaban J connectivity index is 1.60. The second-order valence-electron chi connectivity index (χ2n) is 4.93. The third-order valence-electron chi connectivity index (χ3n) is 3.30. The molecule has 1 N–H and O–H groups in total. The highest BCUT2D eigenvalue weighted by atomic mass is 35.5. The first-order chi connectivity index (χ1) is 10.2. The maximum Gasteiger partial charge on any atom is 0.255 e. The average molecular weight is 323 g/mol. The van der Waals surface area contributed by atoms with Crippen LogP contribution in [0, 0.1) is 0 Å². The fourth-order valence-corrected chi connectivity index (χ4v) is 3.20. The molecule has 0 aliphatic carbocycles. The molecular weight excluding hydrogens is 308 g/mol. The van der Waals surface area contributed by atoms with Gasteiger partial charge >= 0.3 is 0 Å². The van der Waals surface area contributed by atoms with Gasteiger partial charge in [-0.2, -0.15) is 0 Å². The van der Waals surface area contributed by atoms with Gasteiger partial charge in [0.25, 0.3) is 5.91 Å². The summed E-state index contributed by atoms with van der Waals surface area (Å²) in [6.45, 7) is 0.664. The van der Waals surface area contributed by atoms with E-state index in [0.29, 0.717) is 11.7 Å². The van der Waals surface area contributed by atoms with Crippen molar-refractivity contribution < 1.29 is 9.53 Å². The SMILES string of the molecule is O=C(Nc1ncc(Cc2ccc(Cl)cc2)s1)[C@@H]1CCCO1. The van der Waals surface area contributed by atoms with Crippen molar-refractivity contribution in [3.63, 3.8) is 0 Å². The number of thiazole rings is 1. The van der Waals surface area contributed by atoms with Crippen LogP contribution in [0.1, 0.15) is 23.3 Å². The highest BCUT2D eigenvalue weighted by Crippen LogP contribution is 2.23. The number of ether oxygens (including phenoxy) is 1. The van der Waals surface area contributed by atoms with Crippen LogP contribution in [0.2, 0.25) is 5.02 Å². The lowest BCUT2D eigenvalue weighted by molar-refractivity contribution is -0.124. The number of nitrogens with one attached hydrogen (secondary N) is 1. The number of halogens is 1. The first-order valence-electron chi connectivity index (χ1n) is 6.82. The van der Waals surface area contributed by atoms with Gasteiger partial charge in [0.1, 0.15) is 6.10 Å². The number of nitrogens with zero attached hydrogens (tertiary/aromatic N) is 1. The largest absolute Gasteiger partial charge is 0.368 e. The lowest BCUT2D eigenvalue weighted by Crippen LogP contribution is -2.26. The van der Waals surface area contributed by atoms with Crippen LogP contribution in [-0.2, 0) is 16.0 Å². The van der Waals surface area contributed by atoms with Crippen molar-refractivity contribution in [3.8, 4) is 0 Å². The van der Waals surface area contributed by atoms with E-state index in [1.54, 1.807) is 6.20 Å². The van der Waals surface area contributed by atoms with E-state index in [1.807, 2.05) is 24.3 Å². The summed E-state index contributed by atoms with van der Waals surface area (Å²) in [6, 6.07) is 7.73. The van der Waals surface area contributed by atoms with E-state index in [0.717, 1.165) is 29.2 Å². The molecular formula is C15H15ClN2O2S. The number of rotatable bonds is 4. The molecule has 1 amide bonds. The average Bonchev–Trinajstić information content (AvgIpc) is 3.13. The Labute approximate surface area is 132 Å². The second kappa shape index (κ2) is 6.56. The highest BCUT2D eigenvalue weighted by Gasteiger charge is 2.24. The van der Waals surface area contributed by atoms with Gasteiger partial charge in [-0.05, 0) is 30.5 Å². The van der Waals surface area contributed by atoms with Crippen LogP contribution < -0.4 is 5.32 Å². The van der Waals surface area contributed by atoms with Crippen molar-refractivity contribution in [2.75, 3.05) is 11.9 Å². The molecule has 2 aromatic rings. The van der Waals surface area contributed by atoms with E-state index in [1.165, 1.54) is 16.9 Å². The molecule has 1 aromatic carbocycles. The molecule has 1 fully saturated rings. The van der Waals surface area contributed by atoms with Gasteiger partial charge in [-0.15, -0.1) is 11.3 Å². The van der Waals surface area contributed by atoms with Crippen LogP contribution >= 0.6 is 22.9 Å². The van der Waals surface area contributed by atoms with Crippen molar-refractivity contribution in [2.24, 2.45) is 0 Å². The number of anilines is 1. The number of aromatic nitrogens is 1. The molecule has 0 bridgehead atoms. The van der Waals surface area contributed by atoms with Crippen LogP contribution in [0.4, 0.5) is 5.13 Å². The van der Waals surface area contributed by atoms with E-state index in [-0.39, 0.29) is 12.0 Å². The summed E-state index contributed by atoms with van der Waals surface area (Å²) < 4.78 is 5.35. The van der Waals surface area contributed by atoms with E-state index in [9.17, 15) is 4.79 Å². The summed E-state index contributed by atoms with van der Waals surface area (Å²) >= 11 is 7.36. The first-order valence-corrected chi connectivity index (χ1v) is 8.02. The van der Waals surface area contributed by atoms with Crippen molar-refractivity contribution >= 4 is 34.0 Å². The quantitative estimate of drug-likeness (QED) is 0.937. The lowest BCUT2D eigenvalue weighted by Gasteiger charge is -2.07. The molecule has 2 heterocycles. The first kappa shape index (κ1) is 14.5. The Morgan fingerprint density at radius 2 is 2.24 bits per heavy atom. The minimum absolute atomic E-state index is 0.0973. The Morgan fingerprint density at radius 3 is 2.95 bits per heavy atom. The summed E-state index contributed by atoms with van der Waals surface area (Å²) in [5, 5.41) is 4.18. The lowest BCUT2D eigenvalue weighted by atomic mass is 10.1. The van der Waals surface area contributed by atoms with Gasteiger partial charge in [0.05, 0.1) is 0 Å². The predicted molar refractivity (Wildman–Crippen MR) is 84.0 cm³/mol. The third-order valence-corrected chi connectivity index (χ3v) is 4.46. The molecule has 4 nitrogen and oxygen atoms in total. The van der Waals surface area contributed by atoms with Crippen LogP contribution in [0.15, 0.2) is 30.5 Å². The Morgan fingerprint density at radius 1 is 1.43 bits per heavy atom. The van der Waals surface area contributed by atoms with Crippen LogP contribution in [0.5, 0.6) is 0 Å². The molecule has 0 spiro atoms. The van der Waals surface area contributed by atoms with Crippen molar-refractivity contribution in [1.82, 2.24) is 4.98 Å². The van der Waals surface area contributed by atoms with E-state index >= 15 is 0 Å². The summed E-state index contributed by atoms with van der Waals surface area (Å²) in [7, 11) is 0. The molecule has 1 aliphatic rings. The van der Waals surface area contributed by atoms with E-state index < -0.39 is 0 Å². The standard InChI is InChI=1S/C15H15ClN2O2S/c16-11-5-3-10(4-6-11)8-12-9-17-15(21-12)18-14(19)13-2-1-7-20-13/h3-6,9,13H,1-2,7-8H2,(H,17,18,19)/t13-/m0/s1. The number of hydrogen-bond acceptors (Lipinski definition) is 4. The molecule has 1 saturated heterocycles. The van der Waals surface area contributed by atoms with E-state index in [4.69, 9.17) is 16.3 Å². The minimum atomic E-state index is -0.325. The summed E-state index contributed by atoms with van der Waals surface area (Å²) in [5.41, 5.74) is 1.17.